The highest BCUT2D eigenvalue weighted by Gasteiger charge is 2.09. The van der Waals surface area contributed by atoms with E-state index in [1.54, 1.807) is 37.4 Å². The first-order valence-electron chi connectivity index (χ1n) is 26.1. The summed E-state index contributed by atoms with van der Waals surface area (Å²) in [7, 11) is 1.56. The summed E-state index contributed by atoms with van der Waals surface area (Å²) in [6.07, 6.45) is 23.0. The van der Waals surface area contributed by atoms with Crippen molar-refractivity contribution >= 4 is 42.0 Å². The number of methoxy groups -OCH3 is 1. The Morgan fingerprint density at radius 1 is 0.630 bits per heavy atom. The predicted octanol–water partition coefficient (Wildman–Crippen LogP) is 16.0. The molecule has 0 unspecified atom stereocenters. The molecule has 0 spiro atoms. The first-order valence-corrected chi connectivity index (χ1v) is 26.9. The third-order valence-corrected chi connectivity index (χ3v) is 12.1. The lowest BCUT2D eigenvalue weighted by molar-refractivity contribution is -0.138. The maximum Gasteiger partial charge on any atom is 0.338 e. The standard InChI is InChI=1S/C26H31NO6.C17H22O3.C13H18S.C4H8.C2H6/c1-3-25(28)32-16-7-5-4-6-15-31-23-11-9-21(10-12-23)26(29)33-17-14-20-8-13-24(30-2)22(18-20)19-27;1-3-15-9-11-16(12-10-15)19-13-7-5-6-8-14-20-17(18)4-2;1-4-8-12-9-6-7-10-13(12)14-11(3)5-2;1-2-4-3-1;1-2/h3,8-13,18-19,27H,1,4-7,14-17H2,2H3;3-4,9-12H,1-2,5-8,13-14H2;6-7,9-10H,3-5,8H2,1-2H3;1-4H2;1-2H3. The van der Waals surface area contributed by atoms with Crippen LogP contribution in [0.25, 0.3) is 6.08 Å². The van der Waals surface area contributed by atoms with E-state index in [0.29, 0.717) is 55.5 Å². The summed E-state index contributed by atoms with van der Waals surface area (Å²) in [6.45, 7) is 25.2. The van der Waals surface area contributed by atoms with Gasteiger partial charge in [-0.15, -0.1) is 0 Å². The van der Waals surface area contributed by atoms with Crippen molar-refractivity contribution in [2.45, 2.75) is 135 Å². The minimum atomic E-state index is -0.389. The van der Waals surface area contributed by atoms with E-state index >= 15 is 0 Å². The number of allylic oxidation sites excluding steroid dienone is 1. The average Bonchev–Trinajstić information content (AvgIpc) is 3.41. The van der Waals surface area contributed by atoms with E-state index in [-0.39, 0.29) is 24.5 Å². The highest BCUT2D eigenvalue weighted by atomic mass is 32.2. The highest BCUT2D eigenvalue weighted by molar-refractivity contribution is 8.03. The largest absolute Gasteiger partial charge is 0.496 e. The Morgan fingerprint density at radius 3 is 1.62 bits per heavy atom. The minimum absolute atomic E-state index is 0.244. The van der Waals surface area contributed by atoms with Gasteiger partial charge in [-0.1, -0.05) is 140 Å². The summed E-state index contributed by atoms with van der Waals surface area (Å²) in [5.41, 5.74) is 4.65. The third kappa shape index (κ3) is 31.0. The summed E-state index contributed by atoms with van der Waals surface area (Å²) in [5, 5.41) is 7.45. The van der Waals surface area contributed by atoms with Gasteiger partial charge in [-0.3, -0.25) is 0 Å². The Morgan fingerprint density at radius 2 is 1.15 bits per heavy atom. The molecule has 0 heterocycles. The van der Waals surface area contributed by atoms with Gasteiger partial charge in [-0.2, -0.15) is 0 Å². The summed E-state index contributed by atoms with van der Waals surface area (Å²) in [6, 6.07) is 28.9. The van der Waals surface area contributed by atoms with Gasteiger partial charge < -0.3 is 33.8 Å². The number of hydrogen-bond acceptors (Lipinski definition) is 11. The number of benzene rings is 4. The van der Waals surface area contributed by atoms with Crippen LogP contribution in [0, 0.1) is 5.41 Å². The zero-order valence-corrected chi connectivity index (χ0v) is 45.5. The molecule has 0 atom stereocenters. The highest BCUT2D eigenvalue weighted by Crippen LogP contribution is 2.30. The third-order valence-electron chi connectivity index (χ3n) is 10.9. The fourth-order valence-electron chi connectivity index (χ4n) is 6.30. The van der Waals surface area contributed by atoms with Crippen LogP contribution in [0.15, 0.2) is 139 Å². The minimum Gasteiger partial charge on any atom is -0.496 e. The number of aryl methyl sites for hydroxylation is 1. The topological polar surface area (TPSA) is 130 Å². The van der Waals surface area contributed by atoms with Gasteiger partial charge in [0, 0.05) is 35.2 Å². The van der Waals surface area contributed by atoms with E-state index in [0.717, 1.165) is 80.7 Å². The molecule has 1 aliphatic rings. The first kappa shape index (κ1) is 64.7. The molecule has 0 bridgehead atoms. The number of rotatable bonds is 30. The average molecular weight is 1020 g/mol. The monoisotopic (exact) mass is 1020 g/mol. The van der Waals surface area contributed by atoms with Gasteiger partial charge in [-0.25, -0.2) is 14.4 Å². The summed E-state index contributed by atoms with van der Waals surface area (Å²) >= 11 is 1.82. The number of thioether (sulfide) groups is 1. The first-order chi connectivity index (χ1) is 35.6. The molecule has 0 amide bonds. The van der Waals surface area contributed by atoms with Crippen molar-refractivity contribution in [3.8, 4) is 17.2 Å². The molecule has 0 radical (unpaired) electrons. The second-order valence-electron chi connectivity index (χ2n) is 16.4. The van der Waals surface area contributed by atoms with Crippen LogP contribution in [-0.2, 0) is 36.6 Å². The molecule has 398 valence electrons. The molecule has 1 N–H and O–H groups in total. The molecular formula is C62H85NO9S. The molecule has 1 fully saturated rings. The predicted molar refractivity (Wildman–Crippen MR) is 304 cm³/mol. The molecule has 4 aromatic rings. The van der Waals surface area contributed by atoms with Crippen LogP contribution in [0.5, 0.6) is 17.2 Å². The van der Waals surface area contributed by atoms with Crippen molar-refractivity contribution < 1.29 is 42.8 Å². The fraction of sp³-hybridized carbons (Fsp3) is 0.419. The van der Waals surface area contributed by atoms with Crippen molar-refractivity contribution in [2.75, 3.05) is 40.1 Å². The van der Waals surface area contributed by atoms with Crippen LogP contribution in [0.2, 0.25) is 0 Å². The second-order valence-corrected chi connectivity index (χ2v) is 17.7. The summed E-state index contributed by atoms with van der Waals surface area (Å²) in [5.74, 6) is 1.09. The van der Waals surface area contributed by atoms with Crippen LogP contribution in [-0.4, -0.2) is 64.3 Å². The Bertz CT molecular complexity index is 2160. The van der Waals surface area contributed by atoms with Gasteiger partial charge in [0.05, 0.1) is 45.7 Å². The molecule has 10 nitrogen and oxygen atoms in total. The van der Waals surface area contributed by atoms with Crippen LogP contribution in [0.3, 0.4) is 0 Å². The zero-order chi connectivity index (χ0) is 53.7. The van der Waals surface area contributed by atoms with E-state index in [9.17, 15) is 14.4 Å². The number of ether oxygens (including phenoxy) is 6. The van der Waals surface area contributed by atoms with Crippen LogP contribution in [0.1, 0.15) is 150 Å². The number of unbranched alkanes of at least 4 members (excludes halogenated alkanes) is 6. The van der Waals surface area contributed by atoms with Crippen molar-refractivity contribution in [3.05, 3.63) is 162 Å². The van der Waals surface area contributed by atoms with Crippen molar-refractivity contribution in [1.29, 1.82) is 5.41 Å². The number of nitrogens with one attached hydrogen (secondary N) is 1. The van der Waals surface area contributed by atoms with Crippen LogP contribution >= 0.6 is 11.8 Å². The second kappa shape index (κ2) is 43.3. The normalized spacial score (nSPS) is 10.6. The van der Waals surface area contributed by atoms with Gasteiger partial charge in [-0.05, 0) is 140 Å². The Labute approximate surface area is 443 Å². The molecule has 4 aromatic carbocycles. The molecule has 1 saturated carbocycles. The van der Waals surface area contributed by atoms with Gasteiger partial charge in [0.2, 0.25) is 0 Å². The lowest BCUT2D eigenvalue weighted by Crippen LogP contribution is -2.08. The smallest absolute Gasteiger partial charge is 0.338 e. The van der Waals surface area contributed by atoms with Gasteiger partial charge >= 0.3 is 17.9 Å². The SMILES string of the molecule is C1CCC1.C=C(CC)Sc1ccccc1CCC.C=CC(=O)OCCCCCCOc1ccc(C(=O)OCCc2ccc(OC)c(C=N)c2)cc1.C=CC(=O)OCCCCCCOc1ccc(C=C)cc1.CC. The Hall–Kier alpha value is -6.33. The van der Waals surface area contributed by atoms with Crippen molar-refractivity contribution in [2.24, 2.45) is 0 Å². The molecular weight excluding hydrogens is 935 g/mol. The van der Waals surface area contributed by atoms with Crippen molar-refractivity contribution in [3.63, 3.8) is 0 Å². The van der Waals surface area contributed by atoms with E-state index in [4.69, 9.17) is 33.8 Å². The number of hydrogen-bond donors (Lipinski definition) is 1. The van der Waals surface area contributed by atoms with Gasteiger partial charge in [0.15, 0.2) is 0 Å². The number of carbonyl (C=O) groups excluding carboxylic acids is 3. The number of esters is 3. The molecule has 5 rings (SSSR count). The molecule has 0 aliphatic heterocycles. The maximum absolute atomic E-state index is 12.3. The molecule has 11 heteroatoms. The molecule has 73 heavy (non-hydrogen) atoms. The fourth-order valence-corrected chi connectivity index (χ4v) is 7.20. The summed E-state index contributed by atoms with van der Waals surface area (Å²) < 4.78 is 31.7. The molecule has 0 saturated heterocycles. The van der Waals surface area contributed by atoms with Crippen LogP contribution in [0.4, 0.5) is 0 Å². The maximum atomic E-state index is 12.3. The molecule has 1 aliphatic carbocycles. The zero-order valence-electron chi connectivity index (χ0n) is 44.7. The van der Waals surface area contributed by atoms with E-state index in [1.807, 2.05) is 68.1 Å². The number of carbonyl (C=O) groups is 3. The van der Waals surface area contributed by atoms with E-state index < -0.39 is 0 Å². The lowest BCUT2D eigenvalue weighted by Gasteiger charge is -2.09. The Kier molecular flexibility index (Phi) is 38.3. The summed E-state index contributed by atoms with van der Waals surface area (Å²) in [4.78, 5) is 36.6. The van der Waals surface area contributed by atoms with E-state index in [1.165, 1.54) is 66.2 Å². The van der Waals surface area contributed by atoms with E-state index in [2.05, 4.69) is 64.4 Å². The molecule has 0 aromatic heterocycles. The lowest BCUT2D eigenvalue weighted by atomic mass is 10.0. The Balaban J connectivity index is 0.000000561. The quantitative estimate of drug-likeness (QED) is 0.0135. The van der Waals surface area contributed by atoms with Gasteiger partial charge in [0.25, 0.3) is 0 Å². The van der Waals surface area contributed by atoms with Crippen LogP contribution < -0.4 is 14.2 Å². The van der Waals surface area contributed by atoms with Gasteiger partial charge in [0.1, 0.15) is 17.2 Å². The van der Waals surface area contributed by atoms with Crippen molar-refractivity contribution in [1.82, 2.24) is 0 Å².